The minimum Gasteiger partial charge on any atom is -0.463 e. The molecule has 0 aromatic carbocycles. The normalized spacial score (nSPS) is 10.1. The molecule has 0 spiro atoms. The number of nitrogens with zero attached hydrogens (tertiary/aromatic N) is 1. The van der Waals surface area contributed by atoms with Gasteiger partial charge in [0, 0.05) is 12.4 Å². The van der Waals surface area contributed by atoms with Crippen LogP contribution in [-0.4, -0.2) is 23.5 Å². The monoisotopic (exact) mass is 221 g/mol. The lowest BCUT2D eigenvalue weighted by molar-refractivity contribution is -0.137. The zero-order chi connectivity index (χ0) is 11.8. The number of ether oxygens (including phenoxy) is 2. The van der Waals surface area contributed by atoms with E-state index in [4.69, 9.17) is 0 Å². The minimum atomic E-state index is -0.575. The highest BCUT2D eigenvalue weighted by Gasteiger charge is 2.04. The van der Waals surface area contributed by atoms with Gasteiger partial charge in [0.2, 0.25) is 0 Å². The molecule has 0 saturated heterocycles. The zero-order valence-electron chi connectivity index (χ0n) is 8.75. The number of carbonyl (C=O) groups is 2. The maximum atomic E-state index is 11.3. The third-order valence-corrected chi connectivity index (χ3v) is 1.56. The Morgan fingerprint density at radius 2 is 2.31 bits per heavy atom. The molecule has 5 nitrogen and oxygen atoms in total. The molecule has 0 N–H and O–H groups in total. The van der Waals surface area contributed by atoms with Gasteiger partial charge in [0.05, 0.1) is 18.2 Å². The average molecular weight is 221 g/mol. The Morgan fingerprint density at radius 1 is 1.50 bits per heavy atom. The van der Waals surface area contributed by atoms with Crippen molar-refractivity contribution in [1.29, 1.82) is 0 Å². The molecule has 1 aromatic rings. The van der Waals surface area contributed by atoms with E-state index in [1.54, 1.807) is 25.3 Å². The van der Waals surface area contributed by atoms with Crippen molar-refractivity contribution in [3.63, 3.8) is 0 Å². The highest BCUT2D eigenvalue weighted by Crippen LogP contribution is 1.99. The number of esters is 2. The van der Waals surface area contributed by atoms with Crippen molar-refractivity contribution >= 4 is 11.9 Å². The van der Waals surface area contributed by atoms with E-state index in [2.05, 4.69) is 14.5 Å². The first-order valence-electron chi connectivity index (χ1n) is 4.68. The smallest absolute Gasteiger partial charge is 0.344 e. The number of hydrogen-bond acceptors (Lipinski definition) is 5. The van der Waals surface area contributed by atoms with Crippen molar-refractivity contribution in [1.82, 2.24) is 4.98 Å². The van der Waals surface area contributed by atoms with Crippen LogP contribution in [0, 0.1) is 0 Å². The molecule has 1 aromatic heterocycles. The van der Waals surface area contributed by atoms with Gasteiger partial charge < -0.3 is 9.47 Å². The number of hydrogen-bond donors (Lipinski definition) is 0. The third-order valence-electron chi connectivity index (χ3n) is 1.56. The van der Waals surface area contributed by atoms with Gasteiger partial charge in [-0.05, 0) is 19.1 Å². The zero-order valence-corrected chi connectivity index (χ0v) is 8.75. The second kappa shape index (κ2) is 6.34. The first kappa shape index (κ1) is 11.9. The Morgan fingerprint density at radius 3 is 2.94 bits per heavy atom. The van der Waals surface area contributed by atoms with Gasteiger partial charge in [0.1, 0.15) is 6.26 Å². The summed E-state index contributed by atoms with van der Waals surface area (Å²) in [5.74, 6) is -1.13. The van der Waals surface area contributed by atoms with E-state index in [0.29, 0.717) is 5.56 Å². The van der Waals surface area contributed by atoms with Gasteiger partial charge in [0.15, 0.2) is 0 Å². The summed E-state index contributed by atoms with van der Waals surface area (Å²) in [6.07, 6.45) is 4.96. The van der Waals surface area contributed by atoms with Gasteiger partial charge in [-0.2, -0.15) is 0 Å². The van der Waals surface area contributed by atoms with E-state index in [9.17, 15) is 9.59 Å². The molecule has 0 saturated carbocycles. The van der Waals surface area contributed by atoms with Crippen LogP contribution in [0.3, 0.4) is 0 Å². The summed E-state index contributed by atoms with van der Waals surface area (Å²) < 4.78 is 9.28. The van der Waals surface area contributed by atoms with Gasteiger partial charge in [-0.1, -0.05) is 0 Å². The van der Waals surface area contributed by atoms with Crippen LogP contribution in [0.1, 0.15) is 17.3 Å². The standard InChI is InChI=1S/C11H11NO4/c1-2-15-10(13)5-7-16-11(14)9-4-3-6-12-8-9/h3-8H,2H2,1H3. The number of carbonyl (C=O) groups excluding carboxylic acids is 2. The molecule has 16 heavy (non-hydrogen) atoms. The van der Waals surface area contributed by atoms with Crippen LogP contribution in [0.25, 0.3) is 0 Å². The van der Waals surface area contributed by atoms with E-state index < -0.39 is 11.9 Å². The number of pyridine rings is 1. The summed E-state index contributed by atoms with van der Waals surface area (Å²) in [5.41, 5.74) is 0.316. The molecule has 0 atom stereocenters. The number of aromatic nitrogens is 1. The Hall–Kier alpha value is -2.17. The summed E-state index contributed by atoms with van der Waals surface area (Å²) in [6, 6.07) is 3.18. The van der Waals surface area contributed by atoms with Crippen LogP contribution < -0.4 is 0 Å². The molecule has 0 aliphatic rings. The summed E-state index contributed by atoms with van der Waals surface area (Å²) in [5, 5.41) is 0. The van der Waals surface area contributed by atoms with Crippen molar-refractivity contribution in [2.75, 3.05) is 6.61 Å². The van der Waals surface area contributed by atoms with Crippen molar-refractivity contribution in [3.05, 3.63) is 42.4 Å². The van der Waals surface area contributed by atoms with Gasteiger partial charge in [-0.3, -0.25) is 4.98 Å². The first-order valence-corrected chi connectivity index (χ1v) is 4.68. The summed E-state index contributed by atoms with van der Waals surface area (Å²) >= 11 is 0. The molecular formula is C11H11NO4. The molecule has 0 bridgehead atoms. The maximum absolute atomic E-state index is 11.3. The van der Waals surface area contributed by atoms with Crippen molar-refractivity contribution in [2.45, 2.75) is 6.92 Å². The molecule has 0 radical (unpaired) electrons. The lowest BCUT2D eigenvalue weighted by atomic mass is 10.3. The topological polar surface area (TPSA) is 65.5 Å². The van der Waals surface area contributed by atoms with Crippen molar-refractivity contribution in [2.24, 2.45) is 0 Å². The molecule has 0 fully saturated rings. The predicted molar refractivity (Wildman–Crippen MR) is 55.4 cm³/mol. The fourth-order valence-electron chi connectivity index (χ4n) is 0.893. The number of rotatable bonds is 4. The summed E-state index contributed by atoms with van der Waals surface area (Å²) in [6.45, 7) is 1.97. The molecule has 5 heteroatoms. The fraction of sp³-hybridized carbons (Fsp3) is 0.182. The van der Waals surface area contributed by atoms with Crippen LogP contribution in [-0.2, 0) is 14.3 Å². The Labute approximate surface area is 92.7 Å². The van der Waals surface area contributed by atoms with Crippen LogP contribution in [0.2, 0.25) is 0 Å². The van der Waals surface area contributed by atoms with E-state index in [1.165, 1.54) is 6.20 Å². The van der Waals surface area contributed by atoms with E-state index >= 15 is 0 Å². The Kier molecular flexibility index (Phi) is 4.72. The lowest BCUT2D eigenvalue weighted by Crippen LogP contribution is -2.03. The molecule has 0 amide bonds. The lowest BCUT2D eigenvalue weighted by Gasteiger charge is -1.98. The molecule has 0 aliphatic carbocycles. The summed E-state index contributed by atoms with van der Waals surface area (Å²) in [4.78, 5) is 25.9. The van der Waals surface area contributed by atoms with Crippen molar-refractivity contribution in [3.8, 4) is 0 Å². The SMILES string of the molecule is CCOC(=O)C=COC(=O)c1cccnc1. The highest BCUT2D eigenvalue weighted by molar-refractivity contribution is 5.90. The average Bonchev–Trinajstić information content (AvgIpc) is 2.30. The largest absolute Gasteiger partial charge is 0.463 e. The van der Waals surface area contributed by atoms with Crippen LogP contribution in [0.4, 0.5) is 0 Å². The van der Waals surface area contributed by atoms with Gasteiger partial charge >= 0.3 is 11.9 Å². The van der Waals surface area contributed by atoms with Crippen molar-refractivity contribution < 1.29 is 19.1 Å². The maximum Gasteiger partial charge on any atom is 0.344 e. The third kappa shape index (κ3) is 3.91. The van der Waals surface area contributed by atoms with Crippen LogP contribution in [0.15, 0.2) is 36.9 Å². The molecule has 0 aliphatic heterocycles. The minimum absolute atomic E-state index is 0.278. The van der Waals surface area contributed by atoms with E-state index in [-0.39, 0.29) is 6.61 Å². The van der Waals surface area contributed by atoms with E-state index in [1.807, 2.05) is 0 Å². The second-order valence-electron chi connectivity index (χ2n) is 2.70. The second-order valence-corrected chi connectivity index (χ2v) is 2.70. The van der Waals surface area contributed by atoms with Gasteiger partial charge in [-0.25, -0.2) is 9.59 Å². The molecular weight excluding hydrogens is 210 g/mol. The fourth-order valence-corrected chi connectivity index (χ4v) is 0.893. The quantitative estimate of drug-likeness (QED) is 0.435. The molecule has 1 heterocycles. The molecule has 0 unspecified atom stereocenters. The highest BCUT2D eigenvalue weighted by atomic mass is 16.5. The van der Waals surface area contributed by atoms with Crippen LogP contribution in [0.5, 0.6) is 0 Å². The first-order chi connectivity index (χ1) is 7.74. The van der Waals surface area contributed by atoms with E-state index in [0.717, 1.165) is 12.3 Å². The summed E-state index contributed by atoms with van der Waals surface area (Å²) in [7, 11) is 0. The molecule has 84 valence electrons. The Bertz CT molecular complexity index is 386. The Balaban J connectivity index is 2.45. The predicted octanol–water partition coefficient (Wildman–Crippen LogP) is 1.32. The van der Waals surface area contributed by atoms with Gasteiger partial charge in [0.25, 0.3) is 0 Å². The molecule has 1 rings (SSSR count). The van der Waals surface area contributed by atoms with Crippen LogP contribution >= 0.6 is 0 Å². The van der Waals surface area contributed by atoms with Gasteiger partial charge in [-0.15, -0.1) is 0 Å².